The molecule has 24 heavy (non-hydrogen) atoms. The first kappa shape index (κ1) is 15.0. The summed E-state index contributed by atoms with van der Waals surface area (Å²) in [5, 5.41) is 6.33. The molecule has 0 atom stereocenters. The Balaban J connectivity index is 1.66. The van der Waals surface area contributed by atoms with E-state index >= 15 is 0 Å². The largest absolute Gasteiger partial charge is 0.313 e. The maximum Gasteiger partial charge on any atom is 0.256 e. The van der Waals surface area contributed by atoms with E-state index < -0.39 is 5.82 Å². The van der Waals surface area contributed by atoms with E-state index in [1.165, 1.54) is 29.5 Å². The monoisotopic (exact) mass is 354 g/mol. The molecule has 0 aliphatic rings. The molecule has 0 fully saturated rings. The van der Waals surface area contributed by atoms with E-state index in [-0.39, 0.29) is 5.91 Å². The lowest BCUT2D eigenvalue weighted by Gasteiger charge is -2.05. The molecule has 0 spiro atoms. The topological polar surface area (TPSA) is 42.0 Å². The van der Waals surface area contributed by atoms with Gasteiger partial charge in [-0.25, -0.2) is 9.37 Å². The van der Waals surface area contributed by atoms with Crippen molar-refractivity contribution in [2.45, 2.75) is 0 Å². The molecule has 0 bridgehead atoms. The van der Waals surface area contributed by atoms with Crippen LogP contribution in [-0.2, 0) is 0 Å². The highest BCUT2D eigenvalue weighted by atomic mass is 32.1. The first-order valence-electron chi connectivity index (χ1n) is 7.21. The first-order valence-corrected chi connectivity index (χ1v) is 8.91. The number of fused-ring (bicyclic) bond motifs is 1. The number of thiazole rings is 1. The Bertz CT molecular complexity index is 1010. The van der Waals surface area contributed by atoms with E-state index in [0.29, 0.717) is 10.6 Å². The summed E-state index contributed by atoms with van der Waals surface area (Å²) in [6, 6.07) is 15.5. The maximum absolute atomic E-state index is 13.3. The summed E-state index contributed by atoms with van der Waals surface area (Å²) in [7, 11) is 0. The average Bonchev–Trinajstić information content (AvgIpc) is 3.20. The summed E-state index contributed by atoms with van der Waals surface area (Å²) < 4.78 is 14.4. The molecule has 0 aliphatic carbocycles. The van der Waals surface area contributed by atoms with E-state index in [9.17, 15) is 9.18 Å². The van der Waals surface area contributed by atoms with E-state index in [1.54, 1.807) is 17.4 Å². The minimum atomic E-state index is -0.430. The lowest BCUT2D eigenvalue weighted by Crippen LogP contribution is -2.11. The summed E-state index contributed by atoms with van der Waals surface area (Å²) in [5.74, 6) is -0.764. The Morgan fingerprint density at radius 3 is 2.79 bits per heavy atom. The molecule has 3 nitrogen and oxygen atoms in total. The molecular formula is C18H11FN2OS2. The quantitative estimate of drug-likeness (QED) is 0.534. The highest BCUT2D eigenvalue weighted by Gasteiger charge is 2.15. The number of anilines is 1. The second-order valence-electron chi connectivity index (χ2n) is 5.11. The molecule has 0 saturated heterocycles. The van der Waals surface area contributed by atoms with Crippen molar-refractivity contribution in [3.8, 4) is 10.6 Å². The van der Waals surface area contributed by atoms with Crippen LogP contribution < -0.4 is 5.32 Å². The number of para-hydroxylation sites is 1. The van der Waals surface area contributed by atoms with E-state index in [0.717, 1.165) is 20.8 Å². The second-order valence-corrected chi connectivity index (χ2v) is 7.06. The standard InChI is InChI=1S/C18H11FN2OS2/c19-12-5-3-4-11(10-12)16(22)21-17-13(8-9-23-17)18-20-14-6-1-2-7-15(14)24-18/h1-10H,(H,21,22). The molecule has 0 unspecified atom stereocenters. The minimum Gasteiger partial charge on any atom is -0.313 e. The Hall–Kier alpha value is -2.57. The third kappa shape index (κ3) is 2.81. The van der Waals surface area contributed by atoms with Gasteiger partial charge >= 0.3 is 0 Å². The van der Waals surface area contributed by atoms with E-state index in [2.05, 4.69) is 10.3 Å². The molecule has 0 radical (unpaired) electrons. The van der Waals surface area contributed by atoms with Crippen LogP contribution in [0.25, 0.3) is 20.8 Å². The summed E-state index contributed by atoms with van der Waals surface area (Å²) >= 11 is 3.00. The van der Waals surface area contributed by atoms with Gasteiger partial charge in [0.05, 0.1) is 10.2 Å². The van der Waals surface area contributed by atoms with Gasteiger partial charge < -0.3 is 5.32 Å². The van der Waals surface area contributed by atoms with Crippen LogP contribution in [0.5, 0.6) is 0 Å². The van der Waals surface area contributed by atoms with Crippen molar-refractivity contribution in [1.82, 2.24) is 4.98 Å². The number of amides is 1. The molecule has 4 aromatic rings. The van der Waals surface area contributed by atoms with Gasteiger partial charge in [0, 0.05) is 11.1 Å². The van der Waals surface area contributed by atoms with Crippen LogP contribution >= 0.6 is 22.7 Å². The van der Waals surface area contributed by atoms with Crippen LogP contribution in [0.2, 0.25) is 0 Å². The number of carbonyl (C=O) groups excluding carboxylic acids is 1. The minimum absolute atomic E-state index is 0.290. The lowest BCUT2D eigenvalue weighted by molar-refractivity contribution is 0.102. The number of rotatable bonds is 3. The third-order valence-electron chi connectivity index (χ3n) is 3.50. The van der Waals surface area contributed by atoms with E-state index in [4.69, 9.17) is 0 Å². The molecule has 2 aromatic heterocycles. The molecule has 0 aliphatic heterocycles. The predicted octanol–water partition coefficient (Wildman–Crippen LogP) is 5.42. The van der Waals surface area contributed by atoms with Gasteiger partial charge in [-0.15, -0.1) is 22.7 Å². The van der Waals surface area contributed by atoms with Crippen LogP contribution in [-0.4, -0.2) is 10.9 Å². The van der Waals surface area contributed by atoms with Crippen LogP contribution in [0.1, 0.15) is 10.4 Å². The Labute approximate surface area is 145 Å². The fourth-order valence-corrected chi connectivity index (χ4v) is 4.21. The van der Waals surface area contributed by atoms with Crippen molar-refractivity contribution in [2.75, 3.05) is 5.32 Å². The van der Waals surface area contributed by atoms with Crippen molar-refractivity contribution >= 4 is 43.8 Å². The van der Waals surface area contributed by atoms with Crippen molar-refractivity contribution in [2.24, 2.45) is 0 Å². The molecule has 6 heteroatoms. The summed E-state index contributed by atoms with van der Waals surface area (Å²) in [6.45, 7) is 0. The normalized spacial score (nSPS) is 10.9. The van der Waals surface area contributed by atoms with Crippen LogP contribution in [0, 0.1) is 5.82 Å². The van der Waals surface area contributed by atoms with Crippen molar-refractivity contribution < 1.29 is 9.18 Å². The molecule has 4 rings (SSSR count). The van der Waals surface area contributed by atoms with E-state index in [1.807, 2.05) is 35.7 Å². The zero-order valence-electron chi connectivity index (χ0n) is 12.3. The zero-order valence-corrected chi connectivity index (χ0v) is 14.0. The number of hydrogen-bond donors (Lipinski definition) is 1. The van der Waals surface area contributed by atoms with Gasteiger partial charge in [0.25, 0.3) is 5.91 Å². The van der Waals surface area contributed by atoms with Crippen molar-refractivity contribution in [1.29, 1.82) is 0 Å². The number of nitrogens with one attached hydrogen (secondary N) is 1. The van der Waals surface area contributed by atoms with Crippen molar-refractivity contribution in [3.63, 3.8) is 0 Å². The molecular weight excluding hydrogens is 343 g/mol. The van der Waals surface area contributed by atoms with Crippen molar-refractivity contribution in [3.05, 3.63) is 71.4 Å². The number of carbonyl (C=O) groups is 1. The number of hydrogen-bond acceptors (Lipinski definition) is 4. The Morgan fingerprint density at radius 1 is 1.08 bits per heavy atom. The molecule has 1 N–H and O–H groups in total. The molecule has 2 aromatic carbocycles. The Morgan fingerprint density at radius 2 is 1.96 bits per heavy atom. The SMILES string of the molecule is O=C(Nc1sccc1-c1nc2ccccc2s1)c1cccc(F)c1. The summed E-state index contributed by atoms with van der Waals surface area (Å²) in [6.07, 6.45) is 0. The maximum atomic E-state index is 13.3. The number of aromatic nitrogens is 1. The fraction of sp³-hybridized carbons (Fsp3) is 0. The molecule has 1 amide bonds. The number of nitrogens with zero attached hydrogens (tertiary/aromatic N) is 1. The lowest BCUT2D eigenvalue weighted by atomic mass is 10.2. The van der Waals surface area contributed by atoms with Crippen LogP contribution in [0.15, 0.2) is 60.0 Å². The molecule has 118 valence electrons. The summed E-state index contributed by atoms with van der Waals surface area (Å²) in [4.78, 5) is 17.0. The van der Waals surface area contributed by atoms with Gasteiger partial charge in [-0.05, 0) is 41.8 Å². The van der Waals surface area contributed by atoms with Gasteiger partial charge in [-0.2, -0.15) is 0 Å². The fourth-order valence-electron chi connectivity index (χ4n) is 2.37. The highest BCUT2D eigenvalue weighted by Crippen LogP contribution is 2.37. The average molecular weight is 354 g/mol. The van der Waals surface area contributed by atoms with Gasteiger partial charge in [0.1, 0.15) is 15.8 Å². The zero-order chi connectivity index (χ0) is 16.5. The number of benzene rings is 2. The van der Waals surface area contributed by atoms with Crippen LogP contribution in [0.3, 0.4) is 0 Å². The molecule has 0 saturated carbocycles. The molecule has 2 heterocycles. The second kappa shape index (κ2) is 6.14. The number of halogens is 1. The summed E-state index contributed by atoms with van der Waals surface area (Å²) in [5.41, 5.74) is 2.11. The first-order chi connectivity index (χ1) is 11.7. The van der Waals surface area contributed by atoms with Gasteiger partial charge in [-0.3, -0.25) is 4.79 Å². The van der Waals surface area contributed by atoms with Crippen LogP contribution in [0.4, 0.5) is 9.39 Å². The highest BCUT2D eigenvalue weighted by molar-refractivity contribution is 7.22. The van der Waals surface area contributed by atoms with Gasteiger partial charge in [-0.1, -0.05) is 18.2 Å². The third-order valence-corrected chi connectivity index (χ3v) is 5.40. The number of thiophene rings is 1. The smallest absolute Gasteiger partial charge is 0.256 e. The van der Waals surface area contributed by atoms with Gasteiger partial charge in [0.15, 0.2) is 0 Å². The van der Waals surface area contributed by atoms with Gasteiger partial charge in [0.2, 0.25) is 0 Å². The Kier molecular flexibility index (Phi) is 3.84. The predicted molar refractivity (Wildman–Crippen MR) is 97.3 cm³/mol.